The van der Waals surface area contributed by atoms with Gasteiger partial charge in [0.15, 0.2) is 0 Å². The van der Waals surface area contributed by atoms with E-state index in [4.69, 9.17) is 21.4 Å². The van der Waals surface area contributed by atoms with Gasteiger partial charge < -0.3 is 14.4 Å². The molecule has 0 aliphatic carbocycles. The summed E-state index contributed by atoms with van der Waals surface area (Å²) in [7, 11) is 0. The van der Waals surface area contributed by atoms with Crippen LogP contribution in [0.2, 0.25) is 5.02 Å². The van der Waals surface area contributed by atoms with Crippen LogP contribution in [-0.2, 0) is 13.1 Å². The third kappa shape index (κ3) is 5.30. The predicted octanol–water partition coefficient (Wildman–Crippen LogP) is 4.09. The van der Waals surface area contributed by atoms with Gasteiger partial charge in [0, 0.05) is 24.0 Å². The molecule has 8 heteroatoms. The number of rotatable bonds is 10. The van der Waals surface area contributed by atoms with E-state index in [9.17, 15) is 5.11 Å². The highest BCUT2D eigenvalue weighted by molar-refractivity contribution is 6.30. The van der Waals surface area contributed by atoms with E-state index in [-0.39, 0.29) is 0 Å². The average molecular weight is 454 g/mol. The van der Waals surface area contributed by atoms with Crippen LogP contribution in [0.15, 0.2) is 67.3 Å². The Hall–Kier alpha value is -2.87. The van der Waals surface area contributed by atoms with Gasteiger partial charge in [-0.05, 0) is 56.6 Å². The Balaban J connectivity index is 1.45. The Labute approximate surface area is 192 Å². The van der Waals surface area contributed by atoms with Gasteiger partial charge in [0.05, 0.1) is 23.8 Å². The van der Waals surface area contributed by atoms with Gasteiger partial charge in [-0.2, -0.15) is 0 Å². The van der Waals surface area contributed by atoms with Crippen LogP contribution in [0.5, 0.6) is 5.88 Å². The van der Waals surface area contributed by atoms with Gasteiger partial charge in [0.25, 0.3) is 0 Å². The van der Waals surface area contributed by atoms with Crippen molar-refractivity contribution in [3.05, 3.63) is 77.8 Å². The number of benzene rings is 2. The van der Waals surface area contributed by atoms with Crippen LogP contribution in [0.4, 0.5) is 0 Å². The average Bonchev–Trinajstić information content (AvgIpc) is 3.40. The molecule has 4 rings (SSSR count). The molecule has 0 fully saturated rings. The molecule has 7 nitrogen and oxygen atoms in total. The number of nitrogens with zero attached hydrogens (tertiary/aromatic N) is 4. The number of aliphatic hydroxyl groups excluding tert-OH is 1. The molecule has 0 spiro atoms. The lowest BCUT2D eigenvalue weighted by Gasteiger charge is -2.31. The molecule has 0 saturated carbocycles. The zero-order chi connectivity index (χ0) is 22.6. The molecule has 1 atom stereocenters. The second-order valence-electron chi connectivity index (χ2n) is 8.33. The zero-order valence-electron chi connectivity index (χ0n) is 18.3. The van der Waals surface area contributed by atoms with Crippen molar-refractivity contribution in [2.45, 2.75) is 45.2 Å². The Bertz CT molecular complexity index is 1160. The highest BCUT2D eigenvalue weighted by Gasteiger charge is 2.31. The number of para-hydroxylation sites is 1. The number of nitrogens with one attached hydrogen (secondary N) is 1. The molecule has 0 aliphatic rings. The third-order valence-electron chi connectivity index (χ3n) is 5.35. The van der Waals surface area contributed by atoms with Crippen molar-refractivity contribution < 1.29 is 9.84 Å². The molecule has 2 aromatic heterocycles. The molecule has 4 aromatic rings. The molecule has 2 aromatic carbocycles. The van der Waals surface area contributed by atoms with Crippen molar-refractivity contribution in [1.29, 1.82) is 0 Å². The first-order valence-corrected chi connectivity index (χ1v) is 11.1. The first-order valence-electron chi connectivity index (χ1n) is 10.7. The smallest absolute Gasteiger partial charge is 0.241 e. The molecule has 2 heterocycles. The van der Waals surface area contributed by atoms with Crippen molar-refractivity contribution in [1.82, 2.24) is 24.6 Å². The number of aliphatic hydroxyl groups is 1. The van der Waals surface area contributed by atoms with Gasteiger partial charge in [0.2, 0.25) is 5.88 Å². The molecule has 32 heavy (non-hydrogen) atoms. The number of imidazole rings is 1. The van der Waals surface area contributed by atoms with Crippen LogP contribution in [0.3, 0.4) is 0 Å². The summed E-state index contributed by atoms with van der Waals surface area (Å²) < 4.78 is 10.1. The highest BCUT2D eigenvalue weighted by Crippen LogP contribution is 2.29. The van der Waals surface area contributed by atoms with Gasteiger partial charge in [-0.3, -0.25) is 10.00 Å². The molecule has 0 amide bonds. The predicted molar refractivity (Wildman–Crippen MR) is 126 cm³/mol. The molecular weight excluding hydrogens is 426 g/mol. The summed E-state index contributed by atoms with van der Waals surface area (Å²) >= 11 is 6.14. The largest absolute Gasteiger partial charge is 0.466 e. The number of aryl methyl sites for hydroxylation is 1. The lowest BCUT2D eigenvalue weighted by atomic mass is 10.1. The summed E-state index contributed by atoms with van der Waals surface area (Å²) in [6, 6.07) is 15.7. The van der Waals surface area contributed by atoms with Gasteiger partial charge in [-0.1, -0.05) is 35.9 Å². The van der Waals surface area contributed by atoms with Crippen LogP contribution in [0, 0.1) is 0 Å². The van der Waals surface area contributed by atoms with Crippen LogP contribution in [-0.4, -0.2) is 42.8 Å². The van der Waals surface area contributed by atoms with Crippen molar-refractivity contribution >= 4 is 22.5 Å². The van der Waals surface area contributed by atoms with Gasteiger partial charge in [-0.15, -0.1) is 5.10 Å². The van der Waals surface area contributed by atoms with Crippen LogP contribution in [0.1, 0.15) is 25.8 Å². The van der Waals surface area contributed by atoms with E-state index in [0.717, 1.165) is 29.4 Å². The van der Waals surface area contributed by atoms with Gasteiger partial charge in [-0.25, -0.2) is 4.98 Å². The third-order valence-corrected chi connectivity index (χ3v) is 5.59. The first kappa shape index (κ1) is 22.3. The minimum atomic E-state index is -0.882. The fourth-order valence-electron chi connectivity index (χ4n) is 3.57. The van der Waals surface area contributed by atoms with Crippen LogP contribution in [0.25, 0.3) is 10.9 Å². The second-order valence-corrected chi connectivity index (χ2v) is 8.76. The normalized spacial score (nSPS) is 12.9. The van der Waals surface area contributed by atoms with E-state index in [1.165, 1.54) is 0 Å². The van der Waals surface area contributed by atoms with Gasteiger partial charge >= 0.3 is 0 Å². The number of aromatic nitrogens is 4. The molecule has 2 N–H and O–H groups in total. The summed E-state index contributed by atoms with van der Waals surface area (Å²) in [5.74, 6) is 0.492. The van der Waals surface area contributed by atoms with Gasteiger partial charge in [0.1, 0.15) is 11.8 Å². The molecule has 168 valence electrons. The lowest BCUT2D eigenvalue weighted by molar-refractivity contribution is -0.0484. The molecule has 0 aliphatic heterocycles. The first-order chi connectivity index (χ1) is 15.4. The number of fused-ring (bicyclic) bond motifs is 1. The maximum Gasteiger partial charge on any atom is 0.241 e. The molecule has 0 radical (unpaired) electrons. The molecule has 0 bridgehead atoms. The highest BCUT2D eigenvalue weighted by atomic mass is 35.5. The van der Waals surface area contributed by atoms with Crippen LogP contribution >= 0.6 is 11.6 Å². The van der Waals surface area contributed by atoms with Crippen molar-refractivity contribution in [3.63, 3.8) is 0 Å². The lowest BCUT2D eigenvalue weighted by Crippen LogP contribution is -2.51. The summed E-state index contributed by atoms with van der Waals surface area (Å²) in [6.45, 7) is 5.76. The Morgan fingerprint density at radius 1 is 1.19 bits per heavy atom. The maximum absolute atomic E-state index is 10.7. The SMILES string of the molecule is CC(C)(Oc1nn(Cc2cccc(Cl)c2)c2ccccc12)C(O)NCCCn1ccnc1. The monoisotopic (exact) mass is 453 g/mol. The number of ether oxygens (including phenoxy) is 1. The van der Waals surface area contributed by atoms with Crippen molar-refractivity contribution in [2.24, 2.45) is 0 Å². The van der Waals surface area contributed by atoms with Crippen molar-refractivity contribution in [3.8, 4) is 5.88 Å². The fraction of sp³-hybridized carbons (Fsp3) is 0.333. The number of halogens is 1. The zero-order valence-corrected chi connectivity index (χ0v) is 19.0. The Morgan fingerprint density at radius 3 is 2.81 bits per heavy atom. The standard InChI is InChI=1S/C24H28ClN5O2/c1-24(2,23(31)27-11-6-13-29-14-12-26-17-29)32-22-20-9-3-4-10-21(20)30(28-22)16-18-7-5-8-19(25)15-18/h3-5,7-10,12,14-15,17,23,27,31H,6,11,13,16H2,1-2H3. The van der Waals surface area contributed by atoms with E-state index in [1.807, 2.05) is 77.8 Å². The van der Waals surface area contributed by atoms with E-state index in [1.54, 1.807) is 12.5 Å². The molecular formula is C24H28ClN5O2. The van der Waals surface area contributed by atoms with E-state index in [2.05, 4.69) is 10.3 Å². The van der Waals surface area contributed by atoms with E-state index < -0.39 is 11.8 Å². The number of hydrogen-bond acceptors (Lipinski definition) is 5. The Kier molecular flexibility index (Phi) is 6.79. The molecule has 0 saturated heterocycles. The van der Waals surface area contributed by atoms with Crippen LogP contribution < -0.4 is 10.1 Å². The second kappa shape index (κ2) is 9.73. The Morgan fingerprint density at radius 2 is 2.03 bits per heavy atom. The summed E-state index contributed by atoms with van der Waals surface area (Å²) in [6.07, 6.45) is 5.47. The topological polar surface area (TPSA) is 77.1 Å². The molecule has 1 unspecified atom stereocenters. The summed E-state index contributed by atoms with van der Waals surface area (Å²) in [4.78, 5) is 4.04. The van der Waals surface area contributed by atoms with E-state index >= 15 is 0 Å². The summed E-state index contributed by atoms with van der Waals surface area (Å²) in [5.41, 5.74) is 1.13. The quantitative estimate of drug-likeness (QED) is 0.279. The summed E-state index contributed by atoms with van der Waals surface area (Å²) in [5, 5.41) is 20.2. The van der Waals surface area contributed by atoms with Crippen molar-refractivity contribution in [2.75, 3.05) is 6.54 Å². The minimum Gasteiger partial charge on any atom is -0.466 e. The maximum atomic E-state index is 10.7. The van der Waals surface area contributed by atoms with E-state index in [0.29, 0.717) is 24.0 Å². The fourth-order valence-corrected chi connectivity index (χ4v) is 3.78. The minimum absolute atomic E-state index is 0.492. The number of hydrogen-bond donors (Lipinski definition) is 2.